The molecule has 0 fully saturated rings. The zero-order chi connectivity index (χ0) is 20.9. The van der Waals surface area contributed by atoms with Crippen LogP contribution in [0.15, 0.2) is 83.8 Å². The highest BCUT2D eigenvalue weighted by molar-refractivity contribution is 7.92. The fourth-order valence-corrected chi connectivity index (χ4v) is 4.32. The van der Waals surface area contributed by atoms with Crippen molar-refractivity contribution in [1.82, 2.24) is 0 Å². The molecule has 3 rings (SSSR count). The number of carbonyl (C=O) groups excluding carboxylic acids is 1. The lowest BCUT2D eigenvalue weighted by Gasteiger charge is -2.24. The molecule has 0 spiro atoms. The number of carbonyl (C=O) groups is 1. The van der Waals surface area contributed by atoms with Crippen molar-refractivity contribution in [3.8, 4) is 5.75 Å². The van der Waals surface area contributed by atoms with E-state index in [9.17, 15) is 13.2 Å². The fourth-order valence-electron chi connectivity index (χ4n) is 2.70. The van der Waals surface area contributed by atoms with Gasteiger partial charge in [-0.3, -0.25) is 9.10 Å². The minimum atomic E-state index is -3.98. The molecule has 1 amide bonds. The smallest absolute Gasteiger partial charge is 0.264 e. The Hall–Kier alpha value is -3.03. The molecule has 3 aromatic carbocycles. The zero-order valence-electron chi connectivity index (χ0n) is 15.6. The minimum Gasteiger partial charge on any atom is -0.497 e. The Morgan fingerprint density at radius 3 is 2.41 bits per heavy atom. The number of amides is 1. The summed E-state index contributed by atoms with van der Waals surface area (Å²) in [6.45, 7) is -0.420. The first kappa shape index (κ1) is 20.7. The molecule has 150 valence electrons. The summed E-state index contributed by atoms with van der Waals surface area (Å²) < 4.78 is 32.8. The average molecular weight is 431 g/mol. The van der Waals surface area contributed by atoms with Crippen molar-refractivity contribution in [1.29, 1.82) is 0 Å². The van der Waals surface area contributed by atoms with Crippen LogP contribution in [0.25, 0.3) is 0 Å². The van der Waals surface area contributed by atoms with E-state index in [2.05, 4.69) is 5.32 Å². The number of hydrogen-bond donors (Lipinski definition) is 1. The van der Waals surface area contributed by atoms with Gasteiger partial charge in [0.05, 0.1) is 17.7 Å². The highest BCUT2D eigenvalue weighted by Crippen LogP contribution is 2.27. The van der Waals surface area contributed by atoms with Gasteiger partial charge in [0.1, 0.15) is 12.3 Å². The second-order valence-electron chi connectivity index (χ2n) is 6.08. The van der Waals surface area contributed by atoms with Crippen molar-refractivity contribution < 1.29 is 17.9 Å². The fraction of sp³-hybridized carbons (Fsp3) is 0.0952. The molecule has 0 aliphatic carbocycles. The summed E-state index contributed by atoms with van der Waals surface area (Å²) in [6, 6.07) is 21.1. The third kappa shape index (κ3) is 5.07. The summed E-state index contributed by atoms with van der Waals surface area (Å²) in [4.78, 5) is 12.7. The van der Waals surface area contributed by atoms with Crippen LogP contribution < -0.4 is 14.4 Å². The van der Waals surface area contributed by atoms with Crippen LogP contribution in [0, 0.1) is 0 Å². The third-order valence-electron chi connectivity index (χ3n) is 4.07. The van der Waals surface area contributed by atoms with Crippen LogP contribution in [0.3, 0.4) is 0 Å². The number of nitrogens with one attached hydrogen (secondary N) is 1. The Morgan fingerprint density at radius 2 is 1.72 bits per heavy atom. The van der Waals surface area contributed by atoms with E-state index in [-0.39, 0.29) is 4.90 Å². The number of nitrogens with zero attached hydrogens (tertiary/aromatic N) is 1. The minimum absolute atomic E-state index is 0.0818. The predicted octanol–water partition coefficient (Wildman–Crippen LogP) is 4.18. The van der Waals surface area contributed by atoms with Crippen LogP contribution in [0.2, 0.25) is 5.02 Å². The van der Waals surface area contributed by atoms with Gasteiger partial charge in [0.25, 0.3) is 10.0 Å². The quantitative estimate of drug-likeness (QED) is 0.610. The molecule has 0 heterocycles. The van der Waals surface area contributed by atoms with Gasteiger partial charge >= 0.3 is 0 Å². The maximum absolute atomic E-state index is 13.3. The highest BCUT2D eigenvalue weighted by Gasteiger charge is 2.27. The molecule has 0 unspecified atom stereocenters. The van der Waals surface area contributed by atoms with Crippen LogP contribution in [0.5, 0.6) is 5.75 Å². The van der Waals surface area contributed by atoms with E-state index in [1.165, 1.54) is 19.2 Å². The predicted molar refractivity (Wildman–Crippen MR) is 114 cm³/mol. The van der Waals surface area contributed by atoms with Crippen molar-refractivity contribution in [2.24, 2.45) is 0 Å². The molecule has 0 radical (unpaired) electrons. The molecule has 0 aliphatic rings. The van der Waals surface area contributed by atoms with Crippen LogP contribution in [-0.4, -0.2) is 28.0 Å². The van der Waals surface area contributed by atoms with Crippen LogP contribution in [0.1, 0.15) is 0 Å². The number of rotatable bonds is 7. The molecular formula is C21H19ClN2O4S. The lowest BCUT2D eigenvalue weighted by atomic mass is 10.3. The molecule has 0 aliphatic heterocycles. The molecule has 29 heavy (non-hydrogen) atoms. The molecule has 8 heteroatoms. The molecule has 6 nitrogen and oxygen atoms in total. The van der Waals surface area contributed by atoms with Gasteiger partial charge in [-0.05, 0) is 42.5 Å². The van der Waals surface area contributed by atoms with E-state index >= 15 is 0 Å². The normalized spacial score (nSPS) is 11.0. The molecule has 0 aromatic heterocycles. The lowest BCUT2D eigenvalue weighted by Crippen LogP contribution is -2.38. The lowest BCUT2D eigenvalue weighted by molar-refractivity contribution is -0.114. The van der Waals surface area contributed by atoms with Gasteiger partial charge in [0, 0.05) is 16.8 Å². The van der Waals surface area contributed by atoms with Gasteiger partial charge in [-0.2, -0.15) is 0 Å². The largest absolute Gasteiger partial charge is 0.497 e. The monoisotopic (exact) mass is 430 g/mol. The van der Waals surface area contributed by atoms with Crippen molar-refractivity contribution >= 4 is 38.9 Å². The van der Waals surface area contributed by atoms with E-state index in [0.29, 0.717) is 22.1 Å². The Kier molecular flexibility index (Phi) is 6.41. The Morgan fingerprint density at radius 1 is 1.00 bits per heavy atom. The van der Waals surface area contributed by atoms with Gasteiger partial charge in [0.15, 0.2) is 0 Å². The van der Waals surface area contributed by atoms with Crippen LogP contribution >= 0.6 is 11.6 Å². The summed E-state index contributed by atoms with van der Waals surface area (Å²) in [5.41, 5.74) is 0.791. The van der Waals surface area contributed by atoms with E-state index in [1.54, 1.807) is 66.7 Å². The number of halogens is 1. The number of sulfonamides is 1. The molecule has 1 N–H and O–H groups in total. The molecule has 0 saturated carbocycles. The second kappa shape index (κ2) is 8.98. The maximum Gasteiger partial charge on any atom is 0.264 e. The number of anilines is 2. The summed E-state index contributed by atoms with van der Waals surface area (Å²) in [5.74, 6) is -0.0272. The summed E-state index contributed by atoms with van der Waals surface area (Å²) in [6.07, 6.45) is 0. The number of benzene rings is 3. The van der Waals surface area contributed by atoms with Crippen LogP contribution in [-0.2, 0) is 14.8 Å². The topological polar surface area (TPSA) is 75.7 Å². The zero-order valence-corrected chi connectivity index (χ0v) is 17.2. The molecule has 3 aromatic rings. The van der Waals surface area contributed by atoms with Gasteiger partial charge < -0.3 is 10.1 Å². The highest BCUT2D eigenvalue weighted by atomic mass is 35.5. The van der Waals surface area contributed by atoms with Crippen molar-refractivity contribution in [2.45, 2.75) is 4.90 Å². The Bertz CT molecular complexity index is 1100. The SMILES string of the molecule is COc1cccc(N(CC(=O)Nc2cccc(Cl)c2)S(=O)(=O)c2ccccc2)c1. The third-order valence-corrected chi connectivity index (χ3v) is 6.09. The van der Waals surface area contributed by atoms with E-state index in [0.717, 1.165) is 4.31 Å². The summed E-state index contributed by atoms with van der Waals surface area (Å²) >= 11 is 5.94. The number of hydrogen-bond acceptors (Lipinski definition) is 4. The maximum atomic E-state index is 13.3. The van der Waals surface area contributed by atoms with E-state index in [1.807, 2.05) is 0 Å². The first-order valence-electron chi connectivity index (χ1n) is 8.67. The second-order valence-corrected chi connectivity index (χ2v) is 8.38. The Balaban J connectivity index is 1.95. The Labute approximate surface area is 174 Å². The first-order chi connectivity index (χ1) is 13.9. The first-order valence-corrected chi connectivity index (χ1v) is 10.5. The van der Waals surface area contributed by atoms with Crippen molar-refractivity contribution in [2.75, 3.05) is 23.3 Å². The molecule has 0 bridgehead atoms. The van der Waals surface area contributed by atoms with Crippen molar-refractivity contribution in [3.63, 3.8) is 0 Å². The van der Waals surface area contributed by atoms with E-state index < -0.39 is 22.5 Å². The summed E-state index contributed by atoms with van der Waals surface area (Å²) in [7, 11) is -2.50. The summed E-state index contributed by atoms with van der Waals surface area (Å²) in [5, 5.41) is 3.14. The van der Waals surface area contributed by atoms with E-state index in [4.69, 9.17) is 16.3 Å². The molecule has 0 saturated heterocycles. The van der Waals surface area contributed by atoms with Gasteiger partial charge in [-0.25, -0.2) is 8.42 Å². The van der Waals surface area contributed by atoms with Gasteiger partial charge in [-0.15, -0.1) is 0 Å². The van der Waals surface area contributed by atoms with Crippen molar-refractivity contribution in [3.05, 3.63) is 83.9 Å². The van der Waals surface area contributed by atoms with Gasteiger partial charge in [0.2, 0.25) is 5.91 Å². The van der Waals surface area contributed by atoms with Crippen LogP contribution in [0.4, 0.5) is 11.4 Å². The number of methoxy groups -OCH3 is 1. The molecule has 0 atom stereocenters. The standard InChI is InChI=1S/C21H19ClN2O4S/c1-28-19-10-6-9-18(14-19)24(29(26,27)20-11-3-2-4-12-20)15-21(25)23-17-8-5-7-16(22)13-17/h2-14H,15H2,1H3,(H,23,25). The number of ether oxygens (including phenoxy) is 1. The van der Waals surface area contributed by atoms with Gasteiger partial charge in [-0.1, -0.05) is 41.9 Å². The average Bonchev–Trinajstić information content (AvgIpc) is 2.72. The molecular weight excluding hydrogens is 412 g/mol.